The minimum atomic E-state index is -0.203. The van der Waals surface area contributed by atoms with Gasteiger partial charge in [0.1, 0.15) is 17.5 Å². The van der Waals surface area contributed by atoms with Gasteiger partial charge in [0, 0.05) is 0 Å². The lowest BCUT2D eigenvalue weighted by Gasteiger charge is -2.04. The van der Waals surface area contributed by atoms with Gasteiger partial charge in [-0.25, -0.2) is 14.6 Å². The molecule has 3 aromatic heterocycles. The molecule has 0 fully saturated rings. The summed E-state index contributed by atoms with van der Waals surface area (Å²) in [7, 11) is 0. The van der Waals surface area contributed by atoms with E-state index in [0.29, 0.717) is 27.8 Å². The van der Waals surface area contributed by atoms with Crippen LogP contribution in [0.5, 0.6) is 0 Å². The van der Waals surface area contributed by atoms with Crippen molar-refractivity contribution >= 4 is 22.8 Å². The van der Waals surface area contributed by atoms with Crippen LogP contribution in [0.3, 0.4) is 0 Å². The van der Waals surface area contributed by atoms with E-state index in [9.17, 15) is 4.79 Å². The van der Waals surface area contributed by atoms with Gasteiger partial charge < -0.3 is 4.98 Å². The van der Waals surface area contributed by atoms with Crippen molar-refractivity contribution < 1.29 is 0 Å². The summed E-state index contributed by atoms with van der Waals surface area (Å²) in [6.07, 6.45) is 2.97. The van der Waals surface area contributed by atoms with Gasteiger partial charge in [-0.2, -0.15) is 10.2 Å². The van der Waals surface area contributed by atoms with Gasteiger partial charge in [-0.15, -0.1) is 0 Å². The molecule has 0 aliphatic rings. The maximum Gasteiger partial charge on any atom is 0.262 e. The number of hydrogen-bond acceptors (Lipinski definition) is 6. The van der Waals surface area contributed by atoms with Gasteiger partial charge in [0.25, 0.3) is 5.56 Å². The molecule has 3 heterocycles. The first-order chi connectivity index (χ1) is 11.3. The standard InChI is InChI=1S/C14H11N7OS/c22-13-10-6-17-21(9-4-2-1-3-5-9)12(10)18-11(19-13)7-23-14-15-8-16-20-14/h1-6,8H,7H2,(H,15,16,20)(H,18,19,22). The summed E-state index contributed by atoms with van der Waals surface area (Å²) < 4.78 is 1.66. The van der Waals surface area contributed by atoms with E-state index in [4.69, 9.17) is 0 Å². The van der Waals surface area contributed by atoms with Crippen molar-refractivity contribution in [2.24, 2.45) is 0 Å². The molecule has 8 nitrogen and oxygen atoms in total. The van der Waals surface area contributed by atoms with Crippen LogP contribution in [-0.4, -0.2) is 34.9 Å². The van der Waals surface area contributed by atoms with Gasteiger partial charge in [-0.3, -0.25) is 9.89 Å². The molecule has 0 atom stereocenters. The Morgan fingerprint density at radius 1 is 1.22 bits per heavy atom. The lowest BCUT2D eigenvalue weighted by atomic mass is 10.3. The van der Waals surface area contributed by atoms with E-state index >= 15 is 0 Å². The average Bonchev–Trinajstić information content (AvgIpc) is 3.23. The highest BCUT2D eigenvalue weighted by molar-refractivity contribution is 7.98. The van der Waals surface area contributed by atoms with E-state index in [1.165, 1.54) is 24.3 Å². The molecule has 0 radical (unpaired) electrons. The first-order valence-corrected chi connectivity index (χ1v) is 7.80. The van der Waals surface area contributed by atoms with Gasteiger partial charge in [0.05, 0.1) is 17.6 Å². The molecule has 9 heteroatoms. The number of nitrogens with zero attached hydrogens (tertiary/aromatic N) is 5. The first kappa shape index (κ1) is 13.7. The van der Waals surface area contributed by atoms with Crippen LogP contribution in [0.2, 0.25) is 0 Å². The zero-order valence-electron chi connectivity index (χ0n) is 11.8. The Hall–Kier alpha value is -2.94. The molecular weight excluding hydrogens is 314 g/mol. The summed E-state index contributed by atoms with van der Waals surface area (Å²) in [6, 6.07) is 9.58. The van der Waals surface area contributed by atoms with Crippen molar-refractivity contribution in [3.63, 3.8) is 0 Å². The Bertz CT molecular complexity index is 991. The predicted molar refractivity (Wildman–Crippen MR) is 85.4 cm³/mol. The van der Waals surface area contributed by atoms with Crippen LogP contribution in [0.1, 0.15) is 5.82 Å². The lowest BCUT2D eigenvalue weighted by Crippen LogP contribution is -2.11. The highest BCUT2D eigenvalue weighted by Crippen LogP contribution is 2.18. The number of H-pyrrole nitrogens is 2. The van der Waals surface area contributed by atoms with E-state index in [1.807, 2.05) is 30.3 Å². The quantitative estimate of drug-likeness (QED) is 0.551. The van der Waals surface area contributed by atoms with Gasteiger partial charge in [-0.05, 0) is 12.1 Å². The number of thioether (sulfide) groups is 1. The minimum absolute atomic E-state index is 0.203. The highest BCUT2D eigenvalue weighted by Gasteiger charge is 2.11. The van der Waals surface area contributed by atoms with Crippen LogP contribution < -0.4 is 5.56 Å². The maximum atomic E-state index is 12.2. The number of benzene rings is 1. The number of aromatic amines is 2. The molecule has 2 N–H and O–H groups in total. The summed E-state index contributed by atoms with van der Waals surface area (Å²) in [6.45, 7) is 0. The van der Waals surface area contributed by atoms with E-state index in [-0.39, 0.29) is 5.56 Å². The fraction of sp³-hybridized carbons (Fsp3) is 0.0714. The number of nitrogens with one attached hydrogen (secondary N) is 2. The Balaban J connectivity index is 1.74. The van der Waals surface area contributed by atoms with E-state index < -0.39 is 0 Å². The van der Waals surface area contributed by atoms with Crippen LogP contribution in [0.4, 0.5) is 0 Å². The number of rotatable bonds is 4. The third-order valence-electron chi connectivity index (χ3n) is 3.23. The van der Waals surface area contributed by atoms with Crippen LogP contribution >= 0.6 is 11.8 Å². The topological polar surface area (TPSA) is 105 Å². The molecule has 0 saturated carbocycles. The van der Waals surface area contributed by atoms with Crippen LogP contribution in [0.25, 0.3) is 16.7 Å². The highest BCUT2D eigenvalue weighted by atomic mass is 32.2. The minimum Gasteiger partial charge on any atom is -0.309 e. The fourth-order valence-electron chi connectivity index (χ4n) is 2.19. The van der Waals surface area contributed by atoms with Crippen LogP contribution in [0.15, 0.2) is 52.8 Å². The average molecular weight is 325 g/mol. The van der Waals surface area contributed by atoms with Crippen molar-refractivity contribution in [1.82, 2.24) is 34.9 Å². The van der Waals surface area contributed by atoms with Gasteiger partial charge in [-0.1, -0.05) is 30.0 Å². The van der Waals surface area contributed by atoms with E-state index in [0.717, 1.165) is 5.69 Å². The molecule has 0 bridgehead atoms. The molecule has 0 aliphatic heterocycles. The second-order valence-corrected chi connectivity index (χ2v) is 5.69. The Labute approximate surface area is 134 Å². The third-order valence-corrected chi connectivity index (χ3v) is 4.11. The van der Waals surface area contributed by atoms with E-state index in [1.54, 1.807) is 4.68 Å². The molecule has 114 valence electrons. The molecule has 0 saturated heterocycles. The second kappa shape index (κ2) is 5.69. The summed E-state index contributed by atoms with van der Waals surface area (Å²) in [5.74, 6) is 1.03. The van der Waals surface area contributed by atoms with Gasteiger partial charge in [0.2, 0.25) is 0 Å². The molecule has 0 aliphatic carbocycles. The first-order valence-electron chi connectivity index (χ1n) is 6.82. The summed E-state index contributed by atoms with van der Waals surface area (Å²) in [5.41, 5.74) is 1.19. The number of aromatic nitrogens is 7. The Morgan fingerprint density at radius 3 is 2.87 bits per heavy atom. The molecule has 0 unspecified atom stereocenters. The zero-order chi connectivity index (χ0) is 15.6. The van der Waals surface area contributed by atoms with Crippen molar-refractivity contribution in [2.45, 2.75) is 10.9 Å². The van der Waals surface area contributed by atoms with Crippen molar-refractivity contribution in [3.05, 3.63) is 59.0 Å². The smallest absolute Gasteiger partial charge is 0.262 e. The zero-order valence-corrected chi connectivity index (χ0v) is 12.6. The Morgan fingerprint density at radius 2 is 2.09 bits per heavy atom. The monoisotopic (exact) mass is 325 g/mol. The molecule has 0 amide bonds. The van der Waals surface area contributed by atoms with Gasteiger partial charge >= 0.3 is 0 Å². The fourth-order valence-corrected chi connectivity index (χ4v) is 2.84. The van der Waals surface area contributed by atoms with Crippen molar-refractivity contribution in [2.75, 3.05) is 0 Å². The summed E-state index contributed by atoms with van der Waals surface area (Å²) >= 11 is 1.41. The maximum absolute atomic E-state index is 12.2. The number of para-hydroxylation sites is 1. The molecule has 4 aromatic rings. The lowest BCUT2D eigenvalue weighted by molar-refractivity contribution is 0.886. The van der Waals surface area contributed by atoms with Crippen molar-refractivity contribution in [3.8, 4) is 5.69 Å². The molecule has 23 heavy (non-hydrogen) atoms. The normalized spacial score (nSPS) is 11.1. The number of hydrogen-bond donors (Lipinski definition) is 2. The molecular formula is C14H11N7OS. The molecule has 1 aromatic carbocycles. The third kappa shape index (κ3) is 2.61. The Kier molecular flexibility index (Phi) is 3.39. The molecule has 0 spiro atoms. The SMILES string of the molecule is O=c1[nH]c(CSc2ncn[nH]2)nc2c1cnn2-c1ccccc1. The predicted octanol–water partition coefficient (Wildman–Crippen LogP) is 1.52. The summed E-state index contributed by atoms with van der Waals surface area (Å²) in [5, 5.41) is 11.9. The van der Waals surface area contributed by atoms with Crippen molar-refractivity contribution in [1.29, 1.82) is 0 Å². The van der Waals surface area contributed by atoms with Crippen LogP contribution in [0, 0.1) is 0 Å². The largest absolute Gasteiger partial charge is 0.309 e. The molecule has 4 rings (SSSR count). The number of fused-ring (bicyclic) bond motifs is 1. The second-order valence-electron chi connectivity index (χ2n) is 4.72. The summed E-state index contributed by atoms with van der Waals surface area (Å²) in [4.78, 5) is 23.6. The van der Waals surface area contributed by atoms with E-state index in [2.05, 4.69) is 30.2 Å². The van der Waals surface area contributed by atoms with Gasteiger partial charge in [0.15, 0.2) is 10.8 Å². The van der Waals surface area contributed by atoms with Crippen LogP contribution in [-0.2, 0) is 5.75 Å².